The Bertz CT molecular complexity index is 933. The van der Waals surface area contributed by atoms with Crippen LogP contribution >= 0.6 is 23.2 Å². The number of halogens is 2. The molecule has 4 rings (SSSR count). The van der Waals surface area contributed by atoms with Gasteiger partial charge in [-0.1, -0.05) is 29.3 Å². The summed E-state index contributed by atoms with van der Waals surface area (Å²) in [5.74, 6) is 0.0891. The van der Waals surface area contributed by atoms with Crippen LogP contribution in [0.2, 0.25) is 10.0 Å². The van der Waals surface area contributed by atoms with Crippen molar-refractivity contribution in [1.29, 1.82) is 0 Å². The molecule has 0 atom stereocenters. The predicted octanol–water partition coefficient (Wildman–Crippen LogP) is 3.64. The molecule has 5 nitrogen and oxygen atoms in total. The Morgan fingerprint density at radius 3 is 2.62 bits per heavy atom. The molecule has 1 aromatic carbocycles. The van der Waals surface area contributed by atoms with Crippen LogP contribution in [0.15, 0.2) is 36.7 Å². The molecule has 0 aliphatic carbocycles. The second-order valence-electron chi connectivity index (χ2n) is 5.79. The van der Waals surface area contributed by atoms with E-state index in [0.717, 1.165) is 41.7 Å². The molecule has 1 amide bonds. The van der Waals surface area contributed by atoms with Gasteiger partial charge in [0.1, 0.15) is 12.1 Å². The van der Waals surface area contributed by atoms with Crippen LogP contribution in [0.3, 0.4) is 0 Å². The SMILES string of the molecule is O=C(Cn1ncc2ncc(-c3ccc(Cl)c(Cl)c3)cc21)N1CCC1. The van der Waals surface area contributed by atoms with Gasteiger partial charge in [-0.25, -0.2) is 0 Å². The minimum atomic E-state index is 0.0891. The second kappa shape index (κ2) is 6.07. The van der Waals surface area contributed by atoms with E-state index in [4.69, 9.17) is 23.2 Å². The number of carbonyl (C=O) groups is 1. The number of pyridine rings is 1. The summed E-state index contributed by atoms with van der Waals surface area (Å²) in [4.78, 5) is 18.5. The van der Waals surface area contributed by atoms with Gasteiger partial charge in [-0.2, -0.15) is 5.10 Å². The van der Waals surface area contributed by atoms with E-state index in [2.05, 4.69) is 10.1 Å². The summed E-state index contributed by atoms with van der Waals surface area (Å²) < 4.78 is 1.70. The minimum absolute atomic E-state index is 0.0891. The number of amides is 1. The van der Waals surface area contributed by atoms with Crippen molar-refractivity contribution < 1.29 is 4.79 Å². The van der Waals surface area contributed by atoms with E-state index in [1.807, 2.05) is 17.0 Å². The summed E-state index contributed by atoms with van der Waals surface area (Å²) in [6.07, 6.45) is 4.52. The maximum Gasteiger partial charge on any atom is 0.244 e. The molecule has 24 heavy (non-hydrogen) atoms. The summed E-state index contributed by atoms with van der Waals surface area (Å²) in [5, 5.41) is 5.31. The van der Waals surface area contributed by atoms with Crippen molar-refractivity contribution >= 4 is 40.1 Å². The second-order valence-corrected chi connectivity index (χ2v) is 6.61. The van der Waals surface area contributed by atoms with Crippen molar-refractivity contribution in [2.45, 2.75) is 13.0 Å². The molecule has 3 heterocycles. The zero-order chi connectivity index (χ0) is 16.7. The molecule has 1 aliphatic heterocycles. The number of likely N-dealkylation sites (tertiary alicyclic amines) is 1. The third-order valence-corrected chi connectivity index (χ3v) is 4.98. The zero-order valence-corrected chi connectivity index (χ0v) is 14.3. The Morgan fingerprint density at radius 2 is 1.92 bits per heavy atom. The largest absolute Gasteiger partial charge is 0.341 e. The molecule has 0 radical (unpaired) electrons. The topological polar surface area (TPSA) is 51.0 Å². The van der Waals surface area contributed by atoms with Crippen LogP contribution in [0.25, 0.3) is 22.2 Å². The van der Waals surface area contributed by atoms with Crippen molar-refractivity contribution in [2.75, 3.05) is 13.1 Å². The van der Waals surface area contributed by atoms with Crippen molar-refractivity contribution in [3.8, 4) is 11.1 Å². The molecule has 122 valence electrons. The Labute approximate surface area is 148 Å². The first-order valence-corrected chi connectivity index (χ1v) is 8.42. The highest BCUT2D eigenvalue weighted by molar-refractivity contribution is 6.42. The van der Waals surface area contributed by atoms with Crippen LogP contribution in [-0.2, 0) is 11.3 Å². The average Bonchev–Trinajstić information content (AvgIpc) is 2.90. The van der Waals surface area contributed by atoms with Crippen LogP contribution in [-0.4, -0.2) is 38.7 Å². The maximum atomic E-state index is 12.2. The number of fused-ring (bicyclic) bond motifs is 1. The van der Waals surface area contributed by atoms with E-state index in [9.17, 15) is 4.79 Å². The molecule has 1 saturated heterocycles. The number of hydrogen-bond donors (Lipinski definition) is 0. The minimum Gasteiger partial charge on any atom is -0.341 e. The van der Waals surface area contributed by atoms with Gasteiger partial charge in [-0.05, 0) is 30.2 Å². The Kier molecular flexibility index (Phi) is 3.90. The number of aromatic nitrogens is 3. The zero-order valence-electron chi connectivity index (χ0n) is 12.7. The standard InChI is InChI=1S/C17H14Cl2N4O/c18-13-3-2-11(6-14(13)19)12-7-16-15(20-8-12)9-21-23(16)10-17(24)22-4-1-5-22/h2-3,6-9H,1,4-5,10H2. The lowest BCUT2D eigenvalue weighted by Gasteiger charge is -2.30. The summed E-state index contributed by atoms with van der Waals surface area (Å²) >= 11 is 12.1. The number of benzene rings is 1. The molecule has 2 aromatic heterocycles. The first kappa shape index (κ1) is 15.4. The normalized spacial score (nSPS) is 14.0. The van der Waals surface area contributed by atoms with E-state index >= 15 is 0 Å². The lowest BCUT2D eigenvalue weighted by atomic mass is 10.1. The number of nitrogens with zero attached hydrogens (tertiary/aromatic N) is 4. The number of hydrogen-bond acceptors (Lipinski definition) is 3. The van der Waals surface area contributed by atoms with E-state index in [-0.39, 0.29) is 12.5 Å². The van der Waals surface area contributed by atoms with Crippen LogP contribution < -0.4 is 0 Å². The third-order valence-electron chi connectivity index (χ3n) is 4.24. The molecule has 1 fully saturated rings. The Balaban J connectivity index is 1.69. The highest BCUT2D eigenvalue weighted by Crippen LogP contribution is 2.29. The average molecular weight is 361 g/mol. The lowest BCUT2D eigenvalue weighted by molar-refractivity contribution is -0.135. The van der Waals surface area contributed by atoms with Gasteiger partial charge in [0.05, 0.1) is 21.8 Å². The molecular weight excluding hydrogens is 347 g/mol. The first-order valence-electron chi connectivity index (χ1n) is 7.66. The fraction of sp³-hybridized carbons (Fsp3) is 0.235. The molecule has 3 aromatic rings. The Hall–Kier alpha value is -2.11. The first-order chi connectivity index (χ1) is 11.6. The highest BCUT2D eigenvalue weighted by atomic mass is 35.5. The summed E-state index contributed by atoms with van der Waals surface area (Å²) in [7, 11) is 0. The van der Waals surface area contributed by atoms with Crippen LogP contribution in [0.4, 0.5) is 0 Å². The molecule has 0 N–H and O–H groups in total. The van der Waals surface area contributed by atoms with Gasteiger partial charge in [0, 0.05) is 24.8 Å². The van der Waals surface area contributed by atoms with E-state index in [0.29, 0.717) is 10.0 Å². The quantitative estimate of drug-likeness (QED) is 0.716. The molecule has 7 heteroatoms. The predicted molar refractivity (Wildman–Crippen MR) is 94.2 cm³/mol. The van der Waals surface area contributed by atoms with Gasteiger partial charge < -0.3 is 4.90 Å². The third kappa shape index (κ3) is 2.74. The van der Waals surface area contributed by atoms with E-state index < -0.39 is 0 Å². The van der Waals surface area contributed by atoms with Crippen molar-refractivity contribution in [2.24, 2.45) is 0 Å². The monoisotopic (exact) mass is 360 g/mol. The number of rotatable bonds is 3. The molecule has 0 bridgehead atoms. The van der Waals surface area contributed by atoms with Crippen molar-refractivity contribution in [1.82, 2.24) is 19.7 Å². The van der Waals surface area contributed by atoms with E-state index in [1.54, 1.807) is 29.2 Å². The van der Waals surface area contributed by atoms with E-state index in [1.165, 1.54) is 0 Å². The van der Waals surface area contributed by atoms with Gasteiger partial charge in [-0.3, -0.25) is 14.5 Å². The molecule has 0 unspecified atom stereocenters. The fourth-order valence-corrected chi connectivity index (χ4v) is 3.01. The smallest absolute Gasteiger partial charge is 0.244 e. The van der Waals surface area contributed by atoms with Gasteiger partial charge in [0.15, 0.2) is 0 Å². The summed E-state index contributed by atoms with van der Waals surface area (Å²) in [6, 6.07) is 7.42. The molecule has 0 spiro atoms. The van der Waals surface area contributed by atoms with Crippen LogP contribution in [0, 0.1) is 0 Å². The maximum absolute atomic E-state index is 12.2. The summed E-state index contributed by atoms with van der Waals surface area (Å²) in [5.41, 5.74) is 3.41. The van der Waals surface area contributed by atoms with Crippen molar-refractivity contribution in [3.05, 3.63) is 46.7 Å². The lowest BCUT2D eigenvalue weighted by Crippen LogP contribution is -2.43. The molecular formula is C17H14Cl2N4O. The van der Waals surface area contributed by atoms with Crippen LogP contribution in [0.1, 0.15) is 6.42 Å². The highest BCUT2D eigenvalue weighted by Gasteiger charge is 2.21. The number of carbonyl (C=O) groups excluding carboxylic acids is 1. The molecule has 0 saturated carbocycles. The van der Waals surface area contributed by atoms with Gasteiger partial charge in [-0.15, -0.1) is 0 Å². The molecule has 1 aliphatic rings. The van der Waals surface area contributed by atoms with Gasteiger partial charge in [0.2, 0.25) is 5.91 Å². The summed E-state index contributed by atoms with van der Waals surface area (Å²) in [6.45, 7) is 1.91. The van der Waals surface area contributed by atoms with Crippen LogP contribution in [0.5, 0.6) is 0 Å². The van der Waals surface area contributed by atoms with Crippen molar-refractivity contribution in [3.63, 3.8) is 0 Å². The van der Waals surface area contributed by atoms with Gasteiger partial charge >= 0.3 is 0 Å². The Morgan fingerprint density at radius 1 is 1.08 bits per heavy atom. The van der Waals surface area contributed by atoms with Gasteiger partial charge in [0.25, 0.3) is 0 Å². The fourth-order valence-electron chi connectivity index (χ4n) is 2.71.